The van der Waals surface area contributed by atoms with E-state index in [0.29, 0.717) is 23.2 Å². The second kappa shape index (κ2) is 10.3. The van der Waals surface area contributed by atoms with Crippen molar-refractivity contribution in [2.75, 3.05) is 11.4 Å². The number of fused-ring (bicyclic) bond motifs is 1. The van der Waals surface area contributed by atoms with Crippen molar-refractivity contribution in [2.24, 2.45) is 0 Å². The Morgan fingerprint density at radius 2 is 1.65 bits per heavy atom. The average molecular weight is 535 g/mol. The van der Waals surface area contributed by atoms with E-state index < -0.39 is 23.0 Å². The van der Waals surface area contributed by atoms with Crippen LogP contribution < -0.4 is 4.90 Å². The summed E-state index contributed by atoms with van der Waals surface area (Å²) < 4.78 is 6.26. The Labute approximate surface area is 229 Å². The number of anilines is 1. The van der Waals surface area contributed by atoms with Crippen molar-refractivity contribution in [3.63, 3.8) is 0 Å². The second-order valence-corrected chi connectivity index (χ2v) is 9.99. The van der Waals surface area contributed by atoms with Gasteiger partial charge >= 0.3 is 5.97 Å². The third-order valence-corrected chi connectivity index (χ3v) is 7.43. The standard InChI is InChI=1S/C32H26N2O6/c35-24-18-28(32(36)37)33(19-24)23-14-15-25(27(17-23)34(38)39)21-10-12-22(13-11-21)31-26-8-4-5-9-29(26)40-30(31)16-20-6-2-1-3-7-20/h1-15,17,24,28,35H,16,18-19H2,(H,36,37). The number of nitro groups is 1. The highest BCUT2D eigenvalue weighted by atomic mass is 16.6. The van der Waals surface area contributed by atoms with Crippen LogP contribution in [0.1, 0.15) is 17.7 Å². The summed E-state index contributed by atoms with van der Waals surface area (Å²) in [6.45, 7) is 0.103. The van der Waals surface area contributed by atoms with Crippen LogP contribution in [0.2, 0.25) is 0 Å². The lowest BCUT2D eigenvalue weighted by Gasteiger charge is -2.23. The molecule has 0 bridgehead atoms. The maximum atomic E-state index is 12.1. The summed E-state index contributed by atoms with van der Waals surface area (Å²) in [4.78, 5) is 24.8. The third-order valence-electron chi connectivity index (χ3n) is 7.43. The minimum absolute atomic E-state index is 0.0707. The molecule has 2 unspecified atom stereocenters. The van der Waals surface area contributed by atoms with E-state index in [9.17, 15) is 25.1 Å². The Morgan fingerprint density at radius 1 is 0.950 bits per heavy atom. The third kappa shape index (κ3) is 4.69. The zero-order chi connectivity index (χ0) is 27.8. The molecule has 4 aromatic carbocycles. The van der Waals surface area contributed by atoms with Gasteiger partial charge in [-0.25, -0.2) is 4.79 Å². The SMILES string of the molecule is O=C(O)C1CC(O)CN1c1ccc(-c2ccc(-c3c(Cc4ccccc4)oc4ccccc34)cc2)c([N+](=O)[O-])c1. The highest BCUT2D eigenvalue weighted by molar-refractivity contribution is 5.96. The van der Waals surface area contributed by atoms with Gasteiger partial charge in [-0.2, -0.15) is 0 Å². The topological polar surface area (TPSA) is 117 Å². The number of carboxylic acid groups (broad SMARTS) is 1. The highest BCUT2D eigenvalue weighted by Crippen LogP contribution is 2.39. The van der Waals surface area contributed by atoms with Gasteiger partial charge in [-0.05, 0) is 34.9 Å². The predicted molar refractivity (Wildman–Crippen MR) is 152 cm³/mol. The molecule has 0 spiro atoms. The first-order chi connectivity index (χ1) is 19.4. The number of para-hydroxylation sites is 1. The molecule has 0 radical (unpaired) electrons. The molecule has 200 valence electrons. The lowest BCUT2D eigenvalue weighted by molar-refractivity contribution is -0.384. The van der Waals surface area contributed by atoms with Crippen LogP contribution in [0.3, 0.4) is 0 Å². The number of furan rings is 1. The normalized spacial score (nSPS) is 16.9. The molecule has 0 amide bonds. The molecule has 8 nitrogen and oxygen atoms in total. The number of carbonyl (C=O) groups is 1. The Kier molecular flexibility index (Phi) is 6.53. The number of β-amino-alcohol motifs (C(OH)–C–C–N with tert-alkyl or cyclic N) is 1. The number of carboxylic acids is 1. The van der Waals surface area contributed by atoms with Crippen LogP contribution in [0, 0.1) is 10.1 Å². The molecule has 6 rings (SSSR count). The number of nitrogens with zero attached hydrogens (tertiary/aromatic N) is 2. The molecular formula is C32H26N2O6. The Morgan fingerprint density at radius 3 is 2.38 bits per heavy atom. The van der Waals surface area contributed by atoms with Crippen LogP contribution in [0.4, 0.5) is 11.4 Å². The number of rotatable bonds is 7. The number of nitro benzene ring substituents is 1. The van der Waals surface area contributed by atoms with Gasteiger partial charge in [0.1, 0.15) is 17.4 Å². The van der Waals surface area contributed by atoms with Crippen molar-refractivity contribution in [1.82, 2.24) is 0 Å². The summed E-state index contributed by atoms with van der Waals surface area (Å²) in [5.74, 6) is -0.228. The van der Waals surface area contributed by atoms with Gasteiger partial charge in [0.05, 0.1) is 16.6 Å². The van der Waals surface area contributed by atoms with E-state index in [1.54, 1.807) is 12.1 Å². The summed E-state index contributed by atoms with van der Waals surface area (Å²) in [6.07, 6.45) is -0.109. The molecule has 5 aromatic rings. The second-order valence-electron chi connectivity index (χ2n) is 9.99. The average Bonchev–Trinajstić information content (AvgIpc) is 3.53. The molecule has 1 aliphatic heterocycles. The number of aliphatic hydroxyl groups is 1. The van der Waals surface area contributed by atoms with Gasteiger partial charge in [0.2, 0.25) is 0 Å². The van der Waals surface area contributed by atoms with Crippen molar-refractivity contribution >= 4 is 28.3 Å². The lowest BCUT2D eigenvalue weighted by Crippen LogP contribution is -2.36. The molecule has 1 saturated heterocycles. The minimum atomic E-state index is -1.07. The maximum absolute atomic E-state index is 12.1. The number of aliphatic hydroxyl groups excluding tert-OH is 1. The molecule has 2 heterocycles. The summed E-state index contributed by atoms with van der Waals surface area (Å²) in [5.41, 5.74) is 5.21. The van der Waals surface area contributed by atoms with E-state index in [0.717, 1.165) is 33.4 Å². The van der Waals surface area contributed by atoms with Crippen molar-refractivity contribution in [3.05, 3.63) is 118 Å². The minimum Gasteiger partial charge on any atom is -0.480 e. The largest absolute Gasteiger partial charge is 0.480 e. The molecule has 1 fully saturated rings. The first kappa shape index (κ1) is 25.3. The van der Waals surface area contributed by atoms with Gasteiger partial charge in [-0.1, -0.05) is 72.8 Å². The van der Waals surface area contributed by atoms with Crippen molar-refractivity contribution in [2.45, 2.75) is 25.0 Å². The summed E-state index contributed by atoms with van der Waals surface area (Å²) in [7, 11) is 0. The highest BCUT2D eigenvalue weighted by Gasteiger charge is 2.37. The maximum Gasteiger partial charge on any atom is 0.326 e. The van der Waals surface area contributed by atoms with Crippen LogP contribution in [0.5, 0.6) is 0 Å². The van der Waals surface area contributed by atoms with Gasteiger partial charge in [0.15, 0.2) is 0 Å². The molecule has 1 aliphatic rings. The fourth-order valence-electron chi connectivity index (χ4n) is 5.56. The van der Waals surface area contributed by atoms with E-state index in [2.05, 4.69) is 12.1 Å². The zero-order valence-corrected chi connectivity index (χ0v) is 21.4. The summed E-state index contributed by atoms with van der Waals surface area (Å²) in [5, 5.41) is 32.6. The zero-order valence-electron chi connectivity index (χ0n) is 21.4. The molecule has 0 saturated carbocycles. The number of benzene rings is 4. The smallest absolute Gasteiger partial charge is 0.326 e. The van der Waals surface area contributed by atoms with Gasteiger partial charge < -0.3 is 19.5 Å². The summed E-state index contributed by atoms with van der Waals surface area (Å²) >= 11 is 0. The van der Waals surface area contributed by atoms with Crippen molar-refractivity contribution in [3.8, 4) is 22.3 Å². The Bertz CT molecular complexity index is 1710. The molecule has 2 atom stereocenters. The van der Waals surface area contributed by atoms with E-state index in [1.165, 1.54) is 11.0 Å². The molecule has 2 N–H and O–H groups in total. The molecule has 8 heteroatoms. The fourth-order valence-corrected chi connectivity index (χ4v) is 5.56. The van der Waals surface area contributed by atoms with Crippen molar-refractivity contribution < 1.29 is 24.3 Å². The van der Waals surface area contributed by atoms with E-state index in [4.69, 9.17) is 4.42 Å². The number of hydrogen-bond acceptors (Lipinski definition) is 6. The van der Waals surface area contributed by atoms with Crippen LogP contribution in [0.25, 0.3) is 33.2 Å². The first-order valence-corrected chi connectivity index (χ1v) is 13.0. The molecular weight excluding hydrogens is 508 g/mol. The van der Waals surface area contributed by atoms with E-state index in [1.807, 2.05) is 66.7 Å². The monoisotopic (exact) mass is 534 g/mol. The van der Waals surface area contributed by atoms with Crippen molar-refractivity contribution in [1.29, 1.82) is 0 Å². The first-order valence-electron chi connectivity index (χ1n) is 13.0. The van der Waals surface area contributed by atoms with Crippen LogP contribution in [-0.2, 0) is 11.2 Å². The summed E-state index contributed by atoms with van der Waals surface area (Å²) in [6, 6.07) is 29.3. The van der Waals surface area contributed by atoms with Crippen LogP contribution >= 0.6 is 0 Å². The molecule has 40 heavy (non-hydrogen) atoms. The number of aliphatic carboxylic acids is 1. The Hall–Kier alpha value is -4.95. The fraction of sp³-hybridized carbons (Fsp3) is 0.156. The quantitative estimate of drug-likeness (QED) is 0.186. The molecule has 1 aromatic heterocycles. The van der Waals surface area contributed by atoms with Gasteiger partial charge in [0, 0.05) is 42.1 Å². The van der Waals surface area contributed by atoms with Crippen LogP contribution in [0.15, 0.2) is 101 Å². The number of hydrogen-bond donors (Lipinski definition) is 2. The Balaban J connectivity index is 1.37. The van der Waals surface area contributed by atoms with Gasteiger partial charge in [-0.3, -0.25) is 10.1 Å². The lowest BCUT2D eigenvalue weighted by atomic mass is 9.96. The molecule has 0 aliphatic carbocycles. The van der Waals surface area contributed by atoms with Gasteiger partial charge in [0.25, 0.3) is 5.69 Å². The van der Waals surface area contributed by atoms with Gasteiger partial charge in [-0.15, -0.1) is 0 Å². The van der Waals surface area contributed by atoms with E-state index >= 15 is 0 Å². The van der Waals surface area contributed by atoms with Crippen LogP contribution in [-0.4, -0.2) is 39.8 Å². The van der Waals surface area contributed by atoms with E-state index in [-0.39, 0.29) is 18.7 Å². The predicted octanol–water partition coefficient (Wildman–Crippen LogP) is 6.29.